The number of rotatable bonds is 2. The molecule has 2 rings (SSSR count). The maximum absolute atomic E-state index is 9.50. The zero-order valence-electron chi connectivity index (χ0n) is 11.3. The van der Waals surface area contributed by atoms with Crippen LogP contribution < -0.4 is 4.90 Å². The van der Waals surface area contributed by atoms with Crippen LogP contribution in [0.1, 0.15) is 50.2 Å². The highest BCUT2D eigenvalue weighted by Crippen LogP contribution is 2.38. The lowest BCUT2D eigenvalue weighted by Crippen LogP contribution is -2.36. The molecule has 0 spiro atoms. The predicted molar refractivity (Wildman–Crippen MR) is 72.8 cm³/mol. The van der Waals surface area contributed by atoms with Gasteiger partial charge >= 0.3 is 0 Å². The molecule has 2 heteroatoms. The van der Waals surface area contributed by atoms with Gasteiger partial charge < -0.3 is 10.0 Å². The van der Waals surface area contributed by atoms with Gasteiger partial charge in [-0.1, -0.05) is 26.0 Å². The molecular weight excluding hydrogens is 210 g/mol. The van der Waals surface area contributed by atoms with Crippen LogP contribution in [0.15, 0.2) is 18.2 Å². The van der Waals surface area contributed by atoms with E-state index in [0.29, 0.717) is 17.9 Å². The summed E-state index contributed by atoms with van der Waals surface area (Å²) in [6.45, 7) is 6.93. The molecule has 17 heavy (non-hydrogen) atoms. The average molecular weight is 233 g/mol. The summed E-state index contributed by atoms with van der Waals surface area (Å²) in [6, 6.07) is 7.20. The van der Waals surface area contributed by atoms with Crippen LogP contribution in [0.3, 0.4) is 0 Å². The largest absolute Gasteiger partial charge is 0.396 e. The third-order valence-electron chi connectivity index (χ3n) is 4.05. The molecule has 0 fully saturated rings. The second-order valence-corrected chi connectivity index (χ2v) is 5.55. The van der Waals surface area contributed by atoms with E-state index in [1.807, 2.05) is 0 Å². The van der Waals surface area contributed by atoms with Crippen molar-refractivity contribution in [1.82, 2.24) is 0 Å². The van der Waals surface area contributed by atoms with Crippen LogP contribution in [0, 0.1) is 0 Å². The third-order valence-corrected chi connectivity index (χ3v) is 4.05. The van der Waals surface area contributed by atoms with Crippen molar-refractivity contribution in [3.05, 3.63) is 29.3 Å². The van der Waals surface area contributed by atoms with Crippen molar-refractivity contribution in [2.45, 2.75) is 45.1 Å². The van der Waals surface area contributed by atoms with Crippen molar-refractivity contribution in [2.24, 2.45) is 0 Å². The first-order valence-electron chi connectivity index (χ1n) is 6.52. The smallest absolute Gasteiger partial charge is 0.0501 e. The Bertz CT molecular complexity index is 400. The molecule has 1 aromatic rings. The van der Waals surface area contributed by atoms with Crippen LogP contribution in [0.4, 0.5) is 5.69 Å². The van der Waals surface area contributed by atoms with Crippen LogP contribution >= 0.6 is 0 Å². The predicted octanol–water partition coefficient (Wildman–Crippen LogP) is 3.11. The maximum Gasteiger partial charge on any atom is 0.0501 e. The van der Waals surface area contributed by atoms with Crippen molar-refractivity contribution in [3.8, 4) is 0 Å². The molecule has 0 bridgehead atoms. The second-order valence-electron chi connectivity index (χ2n) is 5.55. The molecule has 0 amide bonds. The Hall–Kier alpha value is -1.02. The van der Waals surface area contributed by atoms with Crippen LogP contribution in [-0.2, 0) is 0 Å². The molecule has 1 aliphatic heterocycles. The molecule has 1 N–H and O–H groups in total. The van der Waals surface area contributed by atoms with Crippen LogP contribution in [-0.4, -0.2) is 24.8 Å². The van der Waals surface area contributed by atoms with Gasteiger partial charge in [-0.05, 0) is 36.5 Å². The molecule has 0 saturated heterocycles. The van der Waals surface area contributed by atoms with Crippen molar-refractivity contribution in [1.29, 1.82) is 0 Å². The van der Waals surface area contributed by atoms with E-state index >= 15 is 0 Å². The summed E-state index contributed by atoms with van der Waals surface area (Å²) in [5.74, 6) is 0.857. The Balaban J connectivity index is 2.46. The Morgan fingerprint density at radius 2 is 2.12 bits per heavy atom. The Labute approximate surface area is 104 Å². The van der Waals surface area contributed by atoms with Gasteiger partial charge in [0.05, 0.1) is 6.61 Å². The van der Waals surface area contributed by atoms with Gasteiger partial charge in [0.15, 0.2) is 0 Å². The highest BCUT2D eigenvalue weighted by Gasteiger charge is 2.27. The minimum Gasteiger partial charge on any atom is -0.396 e. The molecule has 0 aliphatic carbocycles. The van der Waals surface area contributed by atoms with E-state index in [1.165, 1.54) is 16.8 Å². The molecule has 2 atom stereocenters. The lowest BCUT2D eigenvalue weighted by atomic mass is 9.85. The van der Waals surface area contributed by atoms with Crippen molar-refractivity contribution in [2.75, 3.05) is 18.6 Å². The van der Waals surface area contributed by atoms with E-state index in [0.717, 1.165) is 6.42 Å². The number of fused-ring (bicyclic) bond motifs is 1. The number of aliphatic hydroxyl groups is 1. The van der Waals surface area contributed by atoms with E-state index in [2.05, 4.69) is 50.9 Å². The first-order chi connectivity index (χ1) is 8.04. The molecule has 1 aliphatic rings. The normalized spacial score (nSPS) is 24.0. The maximum atomic E-state index is 9.50. The number of benzene rings is 1. The van der Waals surface area contributed by atoms with Crippen LogP contribution in [0.5, 0.6) is 0 Å². The van der Waals surface area contributed by atoms with Crippen molar-refractivity contribution in [3.63, 3.8) is 0 Å². The van der Waals surface area contributed by atoms with E-state index in [-0.39, 0.29) is 6.61 Å². The molecule has 2 unspecified atom stereocenters. The van der Waals surface area contributed by atoms with Gasteiger partial charge in [0.2, 0.25) is 0 Å². The van der Waals surface area contributed by atoms with Gasteiger partial charge in [0, 0.05) is 24.7 Å². The van der Waals surface area contributed by atoms with Crippen molar-refractivity contribution < 1.29 is 5.11 Å². The summed E-state index contributed by atoms with van der Waals surface area (Å²) >= 11 is 0. The summed E-state index contributed by atoms with van der Waals surface area (Å²) in [5, 5.41) is 9.50. The lowest BCUT2D eigenvalue weighted by Gasteiger charge is -2.38. The first-order valence-corrected chi connectivity index (χ1v) is 6.52. The third kappa shape index (κ3) is 2.19. The van der Waals surface area contributed by atoms with Gasteiger partial charge in [-0.15, -0.1) is 0 Å². The van der Waals surface area contributed by atoms with E-state index in [4.69, 9.17) is 0 Å². The minimum atomic E-state index is 0.256. The molecule has 1 heterocycles. The van der Waals surface area contributed by atoms with E-state index < -0.39 is 0 Å². The van der Waals surface area contributed by atoms with E-state index in [9.17, 15) is 5.11 Å². The van der Waals surface area contributed by atoms with Gasteiger partial charge in [-0.2, -0.15) is 0 Å². The SMILES string of the molecule is CC(C)c1ccc2c(c1)N(C)C(C)CC2CO. The van der Waals surface area contributed by atoms with Crippen molar-refractivity contribution >= 4 is 5.69 Å². The number of hydrogen-bond acceptors (Lipinski definition) is 2. The van der Waals surface area contributed by atoms with Gasteiger partial charge in [0.1, 0.15) is 0 Å². The highest BCUT2D eigenvalue weighted by molar-refractivity contribution is 5.59. The number of aliphatic hydroxyl groups excluding tert-OH is 1. The van der Waals surface area contributed by atoms with Gasteiger partial charge in [-0.25, -0.2) is 0 Å². The number of anilines is 1. The number of hydrogen-bond donors (Lipinski definition) is 1. The fraction of sp³-hybridized carbons (Fsp3) is 0.600. The molecule has 1 aromatic carbocycles. The summed E-state index contributed by atoms with van der Waals surface area (Å²) < 4.78 is 0. The zero-order valence-corrected chi connectivity index (χ0v) is 11.3. The first kappa shape index (κ1) is 12.4. The Morgan fingerprint density at radius 1 is 1.41 bits per heavy atom. The van der Waals surface area contributed by atoms with Gasteiger partial charge in [-0.3, -0.25) is 0 Å². The molecule has 0 aromatic heterocycles. The lowest BCUT2D eigenvalue weighted by molar-refractivity contribution is 0.250. The van der Waals surface area contributed by atoms with Crippen LogP contribution in [0.25, 0.3) is 0 Å². The van der Waals surface area contributed by atoms with E-state index in [1.54, 1.807) is 0 Å². The Morgan fingerprint density at radius 3 is 2.71 bits per heavy atom. The average Bonchev–Trinajstić information content (AvgIpc) is 2.33. The molecule has 94 valence electrons. The van der Waals surface area contributed by atoms with Crippen LogP contribution in [0.2, 0.25) is 0 Å². The summed E-state index contributed by atoms with van der Waals surface area (Å²) in [4.78, 5) is 2.34. The quantitative estimate of drug-likeness (QED) is 0.848. The molecule has 0 saturated carbocycles. The Kier molecular flexibility index (Phi) is 3.43. The minimum absolute atomic E-state index is 0.256. The standard InChI is InChI=1S/C15H23NO/c1-10(2)12-5-6-14-13(9-17)7-11(3)16(4)15(14)8-12/h5-6,8,10-11,13,17H,7,9H2,1-4H3. The second kappa shape index (κ2) is 4.69. The monoisotopic (exact) mass is 233 g/mol. The molecule has 2 nitrogen and oxygen atoms in total. The van der Waals surface area contributed by atoms with Gasteiger partial charge in [0.25, 0.3) is 0 Å². The summed E-state index contributed by atoms with van der Waals surface area (Å²) in [7, 11) is 2.15. The zero-order chi connectivity index (χ0) is 12.6. The molecule has 0 radical (unpaired) electrons. The summed E-state index contributed by atoms with van der Waals surface area (Å²) in [6.07, 6.45) is 1.04. The number of nitrogens with zero attached hydrogens (tertiary/aromatic N) is 1. The highest BCUT2D eigenvalue weighted by atomic mass is 16.3. The fourth-order valence-electron chi connectivity index (χ4n) is 2.68. The molecular formula is C15H23NO. The summed E-state index contributed by atoms with van der Waals surface area (Å²) in [5.41, 5.74) is 3.98. The topological polar surface area (TPSA) is 23.5 Å². The fourth-order valence-corrected chi connectivity index (χ4v) is 2.68.